The quantitative estimate of drug-likeness (QED) is 0.183. The number of hydrogen-bond donors (Lipinski definition) is 0. The maximum atomic E-state index is 9.59. The van der Waals surface area contributed by atoms with Crippen molar-refractivity contribution in [1.82, 2.24) is 0 Å². The topological polar surface area (TPSA) is 59.1 Å². The Hall–Kier alpha value is -2.00. The molecule has 0 bridgehead atoms. The lowest BCUT2D eigenvalue weighted by atomic mass is 10.1. The Morgan fingerprint density at radius 3 is 1.88 bits per heavy atom. The standard InChI is InChI=1S/C26H44N3O3/c1-3-5-7-9-11-13-17-31-25-22-24(29-15-19-30-20-16-29)26(21-23(25)28-27)32-18-14-12-10-8-6-4-2/h21-22H,3-20H2,1-2H3/q+1. The fourth-order valence-corrected chi connectivity index (χ4v) is 4.03. The molecule has 1 aliphatic rings. The average Bonchev–Trinajstić information content (AvgIpc) is 2.83. The van der Waals surface area contributed by atoms with Gasteiger partial charge in [0.05, 0.1) is 38.2 Å². The summed E-state index contributed by atoms with van der Waals surface area (Å²) in [4.78, 5) is 5.76. The van der Waals surface area contributed by atoms with Crippen molar-refractivity contribution < 1.29 is 14.2 Å². The first-order valence-corrected chi connectivity index (χ1v) is 12.9. The molecule has 1 aromatic carbocycles. The Morgan fingerprint density at radius 2 is 1.31 bits per heavy atom. The third-order valence-electron chi connectivity index (χ3n) is 6.01. The number of benzene rings is 1. The van der Waals surface area contributed by atoms with Crippen molar-refractivity contribution in [3.63, 3.8) is 0 Å². The van der Waals surface area contributed by atoms with Gasteiger partial charge < -0.3 is 19.1 Å². The van der Waals surface area contributed by atoms with E-state index in [9.17, 15) is 5.39 Å². The molecule has 0 unspecified atom stereocenters. The van der Waals surface area contributed by atoms with Crippen LogP contribution in [0.1, 0.15) is 90.9 Å². The van der Waals surface area contributed by atoms with E-state index >= 15 is 0 Å². The average molecular weight is 447 g/mol. The number of rotatable bonds is 17. The smallest absolute Gasteiger partial charge is 0.430 e. The molecule has 0 spiro atoms. The third kappa shape index (κ3) is 9.65. The molecule has 0 saturated carbocycles. The Kier molecular flexibility index (Phi) is 13.6. The zero-order valence-electron chi connectivity index (χ0n) is 20.4. The molecule has 0 aliphatic carbocycles. The van der Waals surface area contributed by atoms with Gasteiger partial charge in [-0.25, -0.2) is 0 Å². The Morgan fingerprint density at radius 1 is 0.781 bits per heavy atom. The molecule has 2 rings (SSSR count). The lowest BCUT2D eigenvalue weighted by molar-refractivity contribution is 0.122. The zero-order valence-corrected chi connectivity index (χ0v) is 20.4. The number of ether oxygens (including phenoxy) is 3. The molecule has 6 heteroatoms. The van der Waals surface area contributed by atoms with Crippen LogP contribution >= 0.6 is 0 Å². The first kappa shape index (κ1) is 26.3. The van der Waals surface area contributed by atoms with Crippen molar-refractivity contribution in [2.24, 2.45) is 0 Å². The van der Waals surface area contributed by atoms with E-state index in [0.29, 0.717) is 37.9 Å². The largest absolute Gasteiger partial charge is 0.491 e. The monoisotopic (exact) mass is 446 g/mol. The lowest BCUT2D eigenvalue weighted by Crippen LogP contribution is -2.36. The second kappa shape index (κ2) is 16.6. The summed E-state index contributed by atoms with van der Waals surface area (Å²) >= 11 is 0. The summed E-state index contributed by atoms with van der Waals surface area (Å²) < 4.78 is 17.7. The minimum absolute atomic E-state index is 0.436. The molecule has 1 heterocycles. The summed E-state index contributed by atoms with van der Waals surface area (Å²) in [6, 6.07) is 3.80. The van der Waals surface area contributed by atoms with Crippen molar-refractivity contribution >= 4 is 11.4 Å². The van der Waals surface area contributed by atoms with E-state index in [4.69, 9.17) is 14.2 Å². The van der Waals surface area contributed by atoms with Gasteiger partial charge in [0.25, 0.3) is 0 Å². The number of hydrogen-bond acceptors (Lipinski definition) is 5. The molecule has 0 aromatic heterocycles. The van der Waals surface area contributed by atoms with E-state index in [-0.39, 0.29) is 0 Å². The van der Waals surface area contributed by atoms with Crippen molar-refractivity contribution in [2.75, 3.05) is 44.4 Å². The van der Waals surface area contributed by atoms with Crippen molar-refractivity contribution in [1.29, 1.82) is 5.39 Å². The van der Waals surface area contributed by atoms with Gasteiger partial charge in [0, 0.05) is 19.2 Å². The van der Waals surface area contributed by atoms with Gasteiger partial charge in [0.1, 0.15) is 0 Å². The van der Waals surface area contributed by atoms with Crippen LogP contribution in [-0.4, -0.2) is 39.5 Å². The maximum Gasteiger partial charge on any atom is 0.430 e. The van der Waals surface area contributed by atoms with Crippen molar-refractivity contribution in [2.45, 2.75) is 90.9 Å². The van der Waals surface area contributed by atoms with Crippen LogP contribution in [0.3, 0.4) is 0 Å². The van der Waals surface area contributed by atoms with E-state index in [0.717, 1.165) is 37.4 Å². The summed E-state index contributed by atoms with van der Waals surface area (Å²) in [5, 5.41) is 9.59. The van der Waals surface area contributed by atoms with Gasteiger partial charge in [0.2, 0.25) is 11.1 Å². The van der Waals surface area contributed by atoms with E-state index in [1.807, 2.05) is 12.1 Å². The second-order valence-corrected chi connectivity index (χ2v) is 8.72. The van der Waals surface area contributed by atoms with Crippen molar-refractivity contribution in [3.8, 4) is 11.5 Å². The number of unbranched alkanes of at least 4 members (excludes halogenated alkanes) is 10. The summed E-state index contributed by atoms with van der Waals surface area (Å²) in [6.45, 7) is 8.83. The molecular formula is C26H44N3O3+. The number of morpholine rings is 1. The molecule has 180 valence electrons. The predicted octanol–water partition coefficient (Wildman–Crippen LogP) is 7.49. The molecule has 0 radical (unpaired) electrons. The van der Waals surface area contributed by atoms with Crippen molar-refractivity contribution in [3.05, 3.63) is 17.1 Å². The van der Waals surface area contributed by atoms with Gasteiger partial charge in [-0.2, -0.15) is 0 Å². The fraction of sp³-hybridized carbons (Fsp3) is 0.769. The van der Waals surface area contributed by atoms with E-state index in [1.165, 1.54) is 64.2 Å². The third-order valence-corrected chi connectivity index (χ3v) is 6.01. The highest BCUT2D eigenvalue weighted by Crippen LogP contribution is 2.41. The summed E-state index contributed by atoms with van der Waals surface area (Å²) in [7, 11) is 0. The van der Waals surface area contributed by atoms with Gasteiger partial charge in [-0.1, -0.05) is 78.1 Å². The summed E-state index contributed by atoms with van der Waals surface area (Å²) in [5.74, 6) is 1.38. The molecule has 0 amide bonds. The van der Waals surface area contributed by atoms with Crippen LogP contribution in [0.25, 0.3) is 4.98 Å². The molecule has 0 atom stereocenters. The molecule has 0 N–H and O–H groups in total. The Bertz CT molecular complexity index is 669. The van der Waals surface area contributed by atoms with Crippen LogP contribution < -0.4 is 14.4 Å². The maximum absolute atomic E-state index is 9.59. The highest BCUT2D eigenvalue weighted by atomic mass is 16.5. The van der Waals surface area contributed by atoms with Gasteiger partial charge in [-0.15, -0.1) is 0 Å². The second-order valence-electron chi connectivity index (χ2n) is 8.72. The molecule has 1 aromatic rings. The molecule has 1 saturated heterocycles. The van der Waals surface area contributed by atoms with Crippen LogP contribution in [0.15, 0.2) is 12.1 Å². The number of nitrogens with zero attached hydrogens (tertiary/aromatic N) is 3. The summed E-state index contributed by atoms with van der Waals surface area (Å²) in [5.41, 5.74) is 1.44. The zero-order chi connectivity index (χ0) is 22.9. The molecule has 6 nitrogen and oxygen atoms in total. The van der Waals surface area contributed by atoms with E-state index < -0.39 is 0 Å². The highest BCUT2D eigenvalue weighted by Gasteiger charge is 2.25. The first-order valence-electron chi connectivity index (χ1n) is 12.9. The van der Waals surface area contributed by atoms with Gasteiger partial charge >= 0.3 is 5.69 Å². The minimum atomic E-state index is 0.436. The Labute approximate surface area is 195 Å². The predicted molar refractivity (Wildman–Crippen MR) is 132 cm³/mol. The van der Waals surface area contributed by atoms with Gasteiger partial charge in [0.15, 0.2) is 10.7 Å². The van der Waals surface area contributed by atoms with Crippen LogP contribution in [0.2, 0.25) is 0 Å². The van der Waals surface area contributed by atoms with E-state index in [2.05, 4.69) is 23.7 Å². The first-order chi connectivity index (χ1) is 15.8. The SMILES string of the molecule is CCCCCCCCOc1cc(N2CCOCC2)c(OCCCCCCCC)cc1[N+]#N. The normalized spacial score (nSPS) is 13.7. The molecule has 1 aliphatic heterocycles. The summed E-state index contributed by atoms with van der Waals surface area (Å²) in [6.07, 6.45) is 14.6. The molecule has 1 fully saturated rings. The molecule has 32 heavy (non-hydrogen) atoms. The van der Waals surface area contributed by atoms with Crippen LogP contribution in [0.4, 0.5) is 11.4 Å². The van der Waals surface area contributed by atoms with Gasteiger partial charge in [-0.05, 0) is 12.8 Å². The highest BCUT2D eigenvalue weighted by molar-refractivity contribution is 5.72. The van der Waals surface area contributed by atoms with Gasteiger partial charge in [-0.3, -0.25) is 0 Å². The molecular weight excluding hydrogens is 402 g/mol. The number of diazo groups is 1. The van der Waals surface area contributed by atoms with Crippen LogP contribution in [-0.2, 0) is 4.74 Å². The number of anilines is 1. The van der Waals surface area contributed by atoms with E-state index in [1.54, 1.807) is 0 Å². The lowest BCUT2D eigenvalue weighted by Gasteiger charge is -2.30. The Balaban J connectivity index is 1.97. The van der Waals surface area contributed by atoms with Crippen LogP contribution in [0.5, 0.6) is 11.5 Å². The fourth-order valence-electron chi connectivity index (χ4n) is 4.03. The minimum Gasteiger partial charge on any atom is -0.491 e. The van der Waals surface area contributed by atoms with Crippen LogP contribution in [0, 0.1) is 5.39 Å².